The average molecular weight is 152 g/mol. The molecule has 2 aliphatic rings. The number of hydrogen-bond donors (Lipinski definition) is 0. The normalized spacial score (nSPS) is 48.5. The molecule has 0 amide bonds. The minimum atomic E-state index is 1.11. The summed E-state index contributed by atoms with van der Waals surface area (Å²) in [5, 5.41) is 0. The van der Waals surface area contributed by atoms with E-state index >= 15 is 0 Å². The van der Waals surface area contributed by atoms with Gasteiger partial charge in [0.2, 0.25) is 0 Å². The van der Waals surface area contributed by atoms with Crippen LogP contribution >= 0.6 is 0 Å². The lowest BCUT2D eigenvalue weighted by molar-refractivity contribution is 0.227. The van der Waals surface area contributed by atoms with Crippen LogP contribution in [0, 0.1) is 23.7 Å². The summed E-state index contributed by atoms with van der Waals surface area (Å²) in [5.74, 6) is 4.49. The fraction of sp³-hybridized carbons (Fsp3) is 1.00. The standard InChI is InChI=1S/C11H20/c1-3-9-5-8-6-10(4-2)11(9)7-8/h8-11H,3-7H2,1-2H3/t8?,9-,10-,11?/m0/s1. The molecule has 0 saturated heterocycles. The van der Waals surface area contributed by atoms with Crippen LogP contribution in [0.1, 0.15) is 46.0 Å². The van der Waals surface area contributed by atoms with Crippen LogP contribution in [0.5, 0.6) is 0 Å². The van der Waals surface area contributed by atoms with Gasteiger partial charge in [0, 0.05) is 0 Å². The molecule has 0 aromatic carbocycles. The minimum absolute atomic E-state index is 1.11. The smallest absolute Gasteiger partial charge is 0.0355 e. The van der Waals surface area contributed by atoms with Crippen molar-refractivity contribution in [3.63, 3.8) is 0 Å². The monoisotopic (exact) mass is 152 g/mol. The molecule has 0 N–H and O–H groups in total. The molecule has 2 bridgehead atoms. The van der Waals surface area contributed by atoms with Gasteiger partial charge in [-0.1, -0.05) is 26.7 Å². The first kappa shape index (κ1) is 7.64. The summed E-state index contributed by atoms with van der Waals surface area (Å²) in [4.78, 5) is 0. The van der Waals surface area contributed by atoms with Crippen LogP contribution in [0.25, 0.3) is 0 Å². The van der Waals surface area contributed by atoms with Crippen molar-refractivity contribution in [2.45, 2.75) is 46.0 Å². The first-order valence-corrected chi connectivity index (χ1v) is 5.35. The molecule has 64 valence electrons. The summed E-state index contributed by atoms with van der Waals surface area (Å²) in [6, 6.07) is 0. The van der Waals surface area contributed by atoms with E-state index in [2.05, 4.69) is 13.8 Å². The van der Waals surface area contributed by atoms with Crippen molar-refractivity contribution in [2.75, 3.05) is 0 Å². The maximum absolute atomic E-state index is 2.37. The molecular weight excluding hydrogens is 132 g/mol. The zero-order valence-electron chi connectivity index (χ0n) is 7.84. The summed E-state index contributed by atoms with van der Waals surface area (Å²) in [7, 11) is 0. The molecule has 0 unspecified atom stereocenters. The molecule has 0 heteroatoms. The molecule has 0 spiro atoms. The van der Waals surface area contributed by atoms with Crippen LogP contribution in [0.15, 0.2) is 0 Å². The van der Waals surface area contributed by atoms with Gasteiger partial charge in [-0.15, -0.1) is 0 Å². The third-order valence-electron chi connectivity index (χ3n) is 4.14. The maximum atomic E-state index is 2.37. The van der Waals surface area contributed by atoms with Gasteiger partial charge in [0.05, 0.1) is 0 Å². The highest BCUT2D eigenvalue weighted by atomic mass is 14.5. The average Bonchev–Trinajstić information content (AvgIpc) is 2.60. The summed E-state index contributed by atoms with van der Waals surface area (Å²) in [6.45, 7) is 4.75. The van der Waals surface area contributed by atoms with Crippen LogP contribution in [0.2, 0.25) is 0 Å². The van der Waals surface area contributed by atoms with E-state index in [1.165, 1.54) is 12.8 Å². The van der Waals surface area contributed by atoms with Crippen LogP contribution in [-0.4, -0.2) is 0 Å². The van der Waals surface area contributed by atoms with E-state index in [0.29, 0.717) is 0 Å². The second kappa shape index (κ2) is 2.80. The molecule has 2 rings (SSSR count). The molecule has 0 heterocycles. The van der Waals surface area contributed by atoms with Crippen LogP contribution in [0.4, 0.5) is 0 Å². The van der Waals surface area contributed by atoms with Crippen molar-refractivity contribution in [1.29, 1.82) is 0 Å². The van der Waals surface area contributed by atoms with E-state index < -0.39 is 0 Å². The zero-order valence-corrected chi connectivity index (χ0v) is 7.84. The fourth-order valence-electron chi connectivity index (χ4n) is 3.59. The van der Waals surface area contributed by atoms with Gasteiger partial charge in [-0.3, -0.25) is 0 Å². The first-order valence-electron chi connectivity index (χ1n) is 5.35. The van der Waals surface area contributed by atoms with Gasteiger partial charge in [0.1, 0.15) is 0 Å². The Labute approximate surface area is 70.4 Å². The molecule has 2 atom stereocenters. The first-order chi connectivity index (χ1) is 5.35. The summed E-state index contributed by atoms with van der Waals surface area (Å²) in [6.07, 6.45) is 7.60. The second-order valence-corrected chi connectivity index (χ2v) is 4.57. The Morgan fingerprint density at radius 2 is 1.45 bits per heavy atom. The molecule has 0 aromatic heterocycles. The van der Waals surface area contributed by atoms with Gasteiger partial charge in [-0.05, 0) is 42.9 Å². The Bertz CT molecular complexity index is 125. The van der Waals surface area contributed by atoms with Crippen molar-refractivity contribution in [2.24, 2.45) is 23.7 Å². The maximum Gasteiger partial charge on any atom is -0.0355 e. The van der Waals surface area contributed by atoms with Crippen molar-refractivity contribution in [3.05, 3.63) is 0 Å². The minimum Gasteiger partial charge on any atom is -0.0651 e. The fourth-order valence-corrected chi connectivity index (χ4v) is 3.59. The molecule has 11 heavy (non-hydrogen) atoms. The highest BCUT2D eigenvalue weighted by Crippen LogP contribution is 2.53. The van der Waals surface area contributed by atoms with Crippen molar-refractivity contribution < 1.29 is 0 Å². The zero-order chi connectivity index (χ0) is 7.84. The molecule has 2 aliphatic carbocycles. The Kier molecular flexibility index (Phi) is 1.95. The van der Waals surface area contributed by atoms with Gasteiger partial charge in [-0.2, -0.15) is 0 Å². The van der Waals surface area contributed by atoms with Crippen LogP contribution < -0.4 is 0 Å². The van der Waals surface area contributed by atoms with E-state index in [1.807, 2.05) is 0 Å². The highest BCUT2D eigenvalue weighted by Gasteiger charge is 2.43. The van der Waals surface area contributed by atoms with Crippen LogP contribution in [0.3, 0.4) is 0 Å². The molecule has 0 aromatic rings. The highest BCUT2D eigenvalue weighted by molar-refractivity contribution is 4.94. The molecule has 2 fully saturated rings. The Morgan fingerprint density at radius 1 is 0.909 bits per heavy atom. The van der Waals surface area contributed by atoms with Gasteiger partial charge < -0.3 is 0 Å². The number of hydrogen-bond acceptors (Lipinski definition) is 0. The van der Waals surface area contributed by atoms with Gasteiger partial charge >= 0.3 is 0 Å². The number of fused-ring (bicyclic) bond motifs is 2. The summed E-state index contributed by atoms with van der Waals surface area (Å²) in [5.41, 5.74) is 0. The lowest BCUT2D eigenvalue weighted by Crippen LogP contribution is -2.18. The molecular formula is C11H20. The van der Waals surface area contributed by atoms with Crippen molar-refractivity contribution in [3.8, 4) is 0 Å². The number of rotatable bonds is 2. The topological polar surface area (TPSA) is 0 Å². The summed E-state index contributed by atoms with van der Waals surface area (Å²) >= 11 is 0. The van der Waals surface area contributed by atoms with E-state index in [4.69, 9.17) is 0 Å². The Morgan fingerprint density at radius 3 is 1.82 bits per heavy atom. The molecule has 0 aliphatic heterocycles. The Hall–Kier alpha value is 0. The quantitative estimate of drug-likeness (QED) is 0.568. The van der Waals surface area contributed by atoms with Crippen LogP contribution in [-0.2, 0) is 0 Å². The third-order valence-corrected chi connectivity index (χ3v) is 4.14. The van der Waals surface area contributed by atoms with E-state index in [9.17, 15) is 0 Å². The van der Waals surface area contributed by atoms with Crippen molar-refractivity contribution >= 4 is 0 Å². The third kappa shape index (κ3) is 1.11. The lowest BCUT2D eigenvalue weighted by Gasteiger charge is -2.27. The lowest BCUT2D eigenvalue weighted by atomic mass is 9.78. The predicted octanol–water partition coefficient (Wildman–Crippen LogP) is 3.47. The van der Waals surface area contributed by atoms with Gasteiger partial charge in [-0.25, -0.2) is 0 Å². The summed E-state index contributed by atoms with van der Waals surface area (Å²) < 4.78 is 0. The van der Waals surface area contributed by atoms with E-state index in [1.54, 1.807) is 19.3 Å². The van der Waals surface area contributed by atoms with Gasteiger partial charge in [0.15, 0.2) is 0 Å². The van der Waals surface area contributed by atoms with E-state index in [0.717, 1.165) is 23.7 Å². The Balaban J connectivity index is 2.02. The largest absolute Gasteiger partial charge is 0.0651 e. The van der Waals surface area contributed by atoms with E-state index in [-0.39, 0.29) is 0 Å². The van der Waals surface area contributed by atoms with Gasteiger partial charge in [0.25, 0.3) is 0 Å². The molecule has 2 saturated carbocycles. The molecule has 0 nitrogen and oxygen atoms in total. The second-order valence-electron chi connectivity index (χ2n) is 4.57. The predicted molar refractivity (Wildman–Crippen MR) is 48.4 cm³/mol. The van der Waals surface area contributed by atoms with Crippen molar-refractivity contribution in [1.82, 2.24) is 0 Å². The molecule has 0 radical (unpaired) electrons. The SMILES string of the molecule is CC[C@H]1CC2CC1[C@@H](CC)C2.